The Labute approximate surface area is 142 Å². The number of hydrogen-bond donors (Lipinski definition) is 2. The first-order chi connectivity index (χ1) is 10.8. The van der Waals surface area contributed by atoms with Crippen molar-refractivity contribution < 1.29 is 14.6 Å². The molecule has 23 heavy (non-hydrogen) atoms. The third kappa shape index (κ3) is 6.10. The molecule has 1 unspecified atom stereocenters. The Hall–Kier alpha value is -1.75. The van der Waals surface area contributed by atoms with Crippen molar-refractivity contribution >= 4 is 11.6 Å². The van der Waals surface area contributed by atoms with Crippen LogP contribution < -0.4 is 14.8 Å². The second-order valence-electron chi connectivity index (χ2n) is 5.95. The Bertz CT molecular complexity index is 609. The van der Waals surface area contributed by atoms with Gasteiger partial charge in [-0.15, -0.1) is 0 Å². The molecule has 2 rings (SSSR count). The number of benzene rings is 2. The Morgan fingerprint density at radius 1 is 1.00 bits per heavy atom. The van der Waals surface area contributed by atoms with E-state index in [1.54, 1.807) is 19.1 Å². The monoisotopic (exact) mass is 335 g/mol. The van der Waals surface area contributed by atoms with Gasteiger partial charge in [-0.3, -0.25) is 5.32 Å². The lowest BCUT2D eigenvalue weighted by Crippen LogP contribution is -2.43. The first-order valence-corrected chi connectivity index (χ1v) is 7.86. The second kappa shape index (κ2) is 7.68. The zero-order valence-electron chi connectivity index (χ0n) is 13.5. The lowest BCUT2D eigenvalue weighted by atomic mass is 10.1. The van der Waals surface area contributed by atoms with Gasteiger partial charge in [0.1, 0.15) is 29.1 Å². The fourth-order valence-corrected chi connectivity index (χ4v) is 2.09. The highest BCUT2D eigenvalue weighted by molar-refractivity contribution is 6.30. The van der Waals surface area contributed by atoms with Gasteiger partial charge in [-0.05, 0) is 69.3 Å². The van der Waals surface area contributed by atoms with Gasteiger partial charge in [0.25, 0.3) is 0 Å². The molecule has 0 bridgehead atoms. The molecule has 0 amide bonds. The molecule has 124 valence electrons. The molecule has 0 saturated carbocycles. The summed E-state index contributed by atoms with van der Waals surface area (Å²) in [7, 11) is 0. The highest BCUT2D eigenvalue weighted by atomic mass is 35.5. The lowest BCUT2D eigenvalue weighted by Gasteiger charge is -2.27. The number of aliphatic hydroxyl groups is 1. The Morgan fingerprint density at radius 2 is 1.48 bits per heavy atom. The normalized spacial score (nSPS) is 12.7. The summed E-state index contributed by atoms with van der Waals surface area (Å²) in [6, 6.07) is 14.6. The van der Waals surface area contributed by atoms with Gasteiger partial charge in [0.05, 0.1) is 0 Å². The molecule has 2 N–H and O–H groups in total. The quantitative estimate of drug-likeness (QED) is 0.744. The van der Waals surface area contributed by atoms with Gasteiger partial charge < -0.3 is 14.6 Å². The van der Waals surface area contributed by atoms with Crippen LogP contribution in [0.3, 0.4) is 0 Å². The molecular weight excluding hydrogens is 314 g/mol. The predicted octanol–water partition coefficient (Wildman–Crippen LogP) is 4.22. The molecule has 0 radical (unpaired) electrons. The molecule has 1 atom stereocenters. The molecule has 0 fully saturated rings. The van der Waals surface area contributed by atoms with Crippen molar-refractivity contribution in [3.63, 3.8) is 0 Å². The number of aliphatic hydroxyl groups excluding tert-OH is 1. The van der Waals surface area contributed by atoms with E-state index >= 15 is 0 Å². The van der Waals surface area contributed by atoms with E-state index in [-0.39, 0.29) is 0 Å². The molecular formula is C18H22ClNO3. The van der Waals surface area contributed by atoms with Crippen LogP contribution in [0, 0.1) is 0 Å². The lowest BCUT2D eigenvalue weighted by molar-refractivity contribution is 0.0753. The molecule has 0 aliphatic rings. The average molecular weight is 336 g/mol. The van der Waals surface area contributed by atoms with Gasteiger partial charge in [-0.2, -0.15) is 0 Å². The van der Waals surface area contributed by atoms with Crippen LogP contribution in [0.25, 0.3) is 0 Å². The van der Waals surface area contributed by atoms with E-state index < -0.39 is 11.8 Å². The fourth-order valence-electron chi connectivity index (χ4n) is 1.96. The minimum absolute atomic E-state index is 0.435. The third-order valence-corrected chi connectivity index (χ3v) is 3.34. The van der Waals surface area contributed by atoms with Gasteiger partial charge in [0.2, 0.25) is 0 Å². The van der Waals surface area contributed by atoms with Crippen molar-refractivity contribution in [1.82, 2.24) is 5.32 Å². The minimum Gasteiger partial charge on any atom is -0.487 e. The molecule has 2 aromatic rings. The van der Waals surface area contributed by atoms with E-state index in [0.717, 1.165) is 17.2 Å². The maximum absolute atomic E-state index is 9.28. The summed E-state index contributed by atoms with van der Waals surface area (Å²) in [5.41, 5.74) is -0.435. The van der Waals surface area contributed by atoms with Crippen molar-refractivity contribution in [2.24, 2.45) is 0 Å². The first kappa shape index (κ1) is 17.6. The van der Waals surface area contributed by atoms with E-state index in [9.17, 15) is 5.11 Å². The molecule has 5 heteroatoms. The van der Waals surface area contributed by atoms with Crippen molar-refractivity contribution in [3.05, 3.63) is 53.6 Å². The maximum Gasteiger partial charge on any atom is 0.127 e. The number of rotatable bonds is 7. The molecule has 0 saturated heterocycles. The molecule has 0 heterocycles. The largest absolute Gasteiger partial charge is 0.487 e. The number of halogens is 1. The summed E-state index contributed by atoms with van der Waals surface area (Å²) >= 11 is 5.85. The highest BCUT2D eigenvalue weighted by Gasteiger charge is 2.20. The van der Waals surface area contributed by atoms with Crippen LogP contribution in [-0.2, 0) is 0 Å². The number of nitrogens with one attached hydrogen (secondary N) is 1. The molecule has 0 spiro atoms. The molecule has 0 aliphatic carbocycles. The predicted molar refractivity (Wildman–Crippen MR) is 92.4 cm³/mol. The van der Waals surface area contributed by atoms with E-state index in [1.807, 2.05) is 50.2 Å². The zero-order chi connectivity index (χ0) is 16.9. The van der Waals surface area contributed by atoms with Gasteiger partial charge in [-0.25, -0.2) is 0 Å². The third-order valence-electron chi connectivity index (χ3n) is 3.09. The Morgan fingerprint density at radius 3 is 2.00 bits per heavy atom. The van der Waals surface area contributed by atoms with E-state index in [1.165, 1.54) is 0 Å². The van der Waals surface area contributed by atoms with Crippen molar-refractivity contribution in [1.29, 1.82) is 0 Å². The van der Waals surface area contributed by atoms with Crippen LogP contribution in [0.2, 0.25) is 5.02 Å². The van der Waals surface area contributed by atoms with Crippen LogP contribution in [0.4, 0.5) is 0 Å². The fraction of sp³-hybridized carbons (Fsp3) is 0.333. The van der Waals surface area contributed by atoms with Crippen LogP contribution in [-0.4, -0.2) is 23.5 Å². The Kier molecular flexibility index (Phi) is 5.88. The zero-order valence-corrected chi connectivity index (χ0v) is 14.3. The van der Waals surface area contributed by atoms with Gasteiger partial charge in [0, 0.05) is 11.6 Å². The Balaban J connectivity index is 1.95. The summed E-state index contributed by atoms with van der Waals surface area (Å²) < 4.78 is 11.7. The minimum atomic E-state index is -0.562. The SMILES string of the molecule is CC(O)NCC(C)(C)Oc1ccc(Oc2ccc(Cl)cc2)cc1. The smallest absolute Gasteiger partial charge is 0.127 e. The van der Waals surface area contributed by atoms with E-state index in [4.69, 9.17) is 21.1 Å². The van der Waals surface area contributed by atoms with Crippen LogP contribution in [0.15, 0.2) is 48.5 Å². The number of ether oxygens (including phenoxy) is 2. The summed E-state index contributed by atoms with van der Waals surface area (Å²) in [5, 5.41) is 12.9. The van der Waals surface area contributed by atoms with Crippen LogP contribution in [0.5, 0.6) is 17.2 Å². The molecule has 0 aromatic heterocycles. The van der Waals surface area contributed by atoms with E-state index in [2.05, 4.69) is 5.32 Å². The molecule has 2 aromatic carbocycles. The summed E-state index contributed by atoms with van der Waals surface area (Å²) in [6.45, 7) is 6.13. The standard InChI is InChI=1S/C18H22ClNO3/c1-13(21)20-12-18(2,3)23-17-10-8-16(9-11-17)22-15-6-4-14(19)5-7-15/h4-11,13,20-21H,12H2,1-3H3. The molecule has 4 nitrogen and oxygen atoms in total. The molecule has 0 aliphatic heterocycles. The van der Waals surface area contributed by atoms with Crippen LogP contribution in [0.1, 0.15) is 20.8 Å². The summed E-state index contributed by atoms with van der Waals surface area (Å²) in [4.78, 5) is 0. The average Bonchev–Trinajstić information content (AvgIpc) is 2.49. The van der Waals surface area contributed by atoms with Gasteiger partial charge in [0.15, 0.2) is 0 Å². The van der Waals surface area contributed by atoms with Gasteiger partial charge in [-0.1, -0.05) is 11.6 Å². The summed E-state index contributed by atoms with van der Waals surface area (Å²) in [5.74, 6) is 2.19. The van der Waals surface area contributed by atoms with Crippen LogP contribution >= 0.6 is 11.6 Å². The van der Waals surface area contributed by atoms with Gasteiger partial charge >= 0.3 is 0 Å². The second-order valence-corrected chi connectivity index (χ2v) is 6.38. The first-order valence-electron chi connectivity index (χ1n) is 7.48. The highest BCUT2D eigenvalue weighted by Crippen LogP contribution is 2.26. The number of hydrogen-bond acceptors (Lipinski definition) is 4. The topological polar surface area (TPSA) is 50.7 Å². The van der Waals surface area contributed by atoms with Crippen molar-refractivity contribution in [2.45, 2.75) is 32.6 Å². The maximum atomic E-state index is 9.28. The van der Waals surface area contributed by atoms with E-state index in [0.29, 0.717) is 11.6 Å². The van der Waals surface area contributed by atoms with Crippen molar-refractivity contribution in [2.75, 3.05) is 6.54 Å². The summed E-state index contributed by atoms with van der Waals surface area (Å²) in [6.07, 6.45) is -0.562. The van der Waals surface area contributed by atoms with Crippen molar-refractivity contribution in [3.8, 4) is 17.2 Å².